The lowest BCUT2D eigenvalue weighted by Crippen LogP contribution is -1.99. The third-order valence-corrected chi connectivity index (χ3v) is 2.95. The van der Waals surface area contributed by atoms with Gasteiger partial charge in [-0.15, -0.1) is 11.3 Å². The number of hydrogen-bond acceptors (Lipinski definition) is 3. The third kappa shape index (κ3) is 2.23. The van der Waals surface area contributed by atoms with Crippen LogP contribution >= 0.6 is 11.3 Å². The van der Waals surface area contributed by atoms with Crippen molar-refractivity contribution in [1.29, 1.82) is 0 Å². The quantitative estimate of drug-likeness (QED) is 0.556. The van der Waals surface area contributed by atoms with E-state index in [1.807, 2.05) is 29.6 Å². The Hall–Kier alpha value is -1.79. The number of rotatable bonds is 1. The number of carbonyl (C=O) groups is 1. The Bertz CT molecular complexity index is 572. The molecule has 0 atom stereocenters. The number of benzene rings is 1. The molecule has 0 unspecified atom stereocenters. The lowest BCUT2D eigenvalue weighted by molar-refractivity contribution is -0.136. The lowest BCUT2D eigenvalue weighted by Gasteiger charge is -1.94. The molecule has 80 valence electrons. The topological polar surface area (TPSA) is 26.3 Å². The van der Waals surface area contributed by atoms with Gasteiger partial charge in [0.1, 0.15) is 0 Å². The molecule has 0 aliphatic rings. The molecule has 1 aromatic carbocycles. The van der Waals surface area contributed by atoms with E-state index < -0.39 is 5.97 Å². The summed E-state index contributed by atoms with van der Waals surface area (Å²) >= 11 is 1.66. The van der Waals surface area contributed by atoms with Crippen molar-refractivity contribution in [3.63, 3.8) is 0 Å². The molecule has 0 aliphatic heterocycles. The predicted molar refractivity (Wildman–Crippen MR) is 65.3 cm³/mol. The normalized spacial score (nSPS) is 9.56. The summed E-state index contributed by atoms with van der Waals surface area (Å²) < 4.78 is 5.92. The van der Waals surface area contributed by atoms with Crippen LogP contribution in [0, 0.1) is 11.8 Å². The Kier molecular flexibility index (Phi) is 3.23. The van der Waals surface area contributed by atoms with Crippen LogP contribution in [-0.4, -0.2) is 12.6 Å². The van der Waals surface area contributed by atoms with Crippen molar-refractivity contribution < 1.29 is 9.53 Å². The van der Waals surface area contributed by atoms with Gasteiger partial charge in [-0.3, -0.25) is 0 Å². The first-order chi connectivity index (χ1) is 7.81. The molecule has 0 spiro atoms. The fraction of sp³-hybridized carbons (Fsp3) is 0.154. The van der Waals surface area contributed by atoms with Crippen molar-refractivity contribution in [3.8, 4) is 11.8 Å². The van der Waals surface area contributed by atoms with E-state index >= 15 is 0 Å². The van der Waals surface area contributed by atoms with E-state index in [1.165, 1.54) is 4.70 Å². The zero-order valence-corrected chi connectivity index (χ0v) is 9.64. The van der Waals surface area contributed by atoms with Crippen LogP contribution in [0.5, 0.6) is 0 Å². The van der Waals surface area contributed by atoms with Crippen molar-refractivity contribution >= 4 is 27.4 Å². The molecule has 3 heteroatoms. The molecule has 0 radical (unpaired) electrons. The zero-order valence-electron chi connectivity index (χ0n) is 8.82. The maximum atomic E-state index is 11.1. The average molecular weight is 230 g/mol. The molecule has 0 saturated carbocycles. The minimum absolute atomic E-state index is 0.357. The molecule has 2 rings (SSSR count). The molecule has 1 heterocycles. The number of fused-ring (bicyclic) bond motifs is 1. The van der Waals surface area contributed by atoms with Crippen molar-refractivity contribution in [2.75, 3.05) is 6.61 Å². The molecule has 0 aliphatic carbocycles. The van der Waals surface area contributed by atoms with Gasteiger partial charge in [-0.2, -0.15) is 0 Å². The predicted octanol–water partition coefficient (Wildman–Crippen LogP) is 2.82. The summed E-state index contributed by atoms with van der Waals surface area (Å²) in [6.07, 6.45) is 0. The number of ether oxygens (including phenoxy) is 1. The molecule has 2 aromatic rings. The van der Waals surface area contributed by atoms with Gasteiger partial charge in [0.25, 0.3) is 0 Å². The zero-order chi connectivity index (χ0) is 11.4. The highest BCUT2D eigenvalue weighted by molar-refractivity contribution is 7.17. The second-order valence-corrected chi connectivity index (χ2v) is 4.06. The fourth-order valence-electron chi connectivity index (χ4n) is 1.39. The molecule has 16 heavy (non-hydrogen) atoms. The fourth-order valence-corrected chi connectivity index (χ4v) is 2.20. The highest BCUT2D eigenvalue weighted by atomic mass is 32.1. The SMILES string of the molecule is CCOC(=O)C#Cc1cccc2sccc12. The summed E-state index contributed by atoms with van der Waals surface area (Å²) in [5, 5.41) is 3.10. The number of hydrogen-bond donors (Lipinski definition) is 0. The summed E-state index contributed by atoms with van der Waals surface area (Å²) in [4.78, 5) is 11.1. The maximum Gasteiger partial charge on any atom is 0.384 e. The highest BCUT2D eigenvalue weighted by Gasteiger charge is 1.99. The van der Waals surface area contributed by atoms with E-state index in [2.05, 4.69) is 11.8 Å². The van der Waals surface area contributed by atoms with Crippen molar-refractivity contribution in [2.45, 2.75) is 6.92 Å². The second kappa shape index (κ2) is 4.82. The van der Waals surface area contributed by atoms with Crippen LogP contribution in [0.3, 0.4) is 0 Å². The van der Waals surface area contributed by atoms with Gasteiger partial charge in [0.2, 0.25) is 0 Å². The Balaban J connectivity index is 2.33. The molecular formula is C13H10O2S. The molecule has 0 fully saturated rings. The minimum atomic E-state index is -0.477. The smallest absolute Gasteiger partial charge is 0.384 e. The number of thiophene rings is 1. The van der Waals surface area contributed by atoms with Crippen LogP contribution < -0.4 is 0 Å². The van der Waals surface area contributed by atoms with E-state index in [4.69, 9.17) is 4.74 Å². The molecule has 0 saturated heterocycles. The first-order valence-electron chi connectivity index (χ1n) is 4.96. The first-order valence-corrected chi connectivity index (χ1v) is 5.84. The Morgan fingerprint density at radius 1 is 1.44 bits per heavy atom. The van der Waals surface area contributed by atoms with Crippen molar-refractivity contribution in [2.24, 2.45) is 0 Å². The van der Waals surface area contributed by atoms with Crippen LogP contribution in [0.25, 0.3) is 10.1 Å². The average Bonchev–Trinajstić information content (AvgIpc) is 2.75. The minimum Gasteiger partial charge on any atom is -0.456 e. The van der Waals surface area contributed by atoms with Gasteiger partial charge >= 0.3 is 5.97 Å². The van der Waals surface area contributed by atoms with Gasteiger partial charge in [-0.05, 0) is 30.5 Å². The van der Waals surface area contributed by atoms with Gasteiger partial charge in [-0.25, -0.2) is 4.79 Å². The number of esters is 1. The van der Waals surface area contributed by atoms with Crippen LogP contribution in [0.2, 0.25) is 0 Å². The first kappa shape index (κ1) is 10.7. The summed E-state index contributed by atoms with van der Waals surface area (Å²) in [6, 6.07) is 7.89. The summed E-state index contributed by atoms with van der Waals surface area (Å²) in [5.41, 5.74) is 0.867. The van der Waals surface area contributed by atoms with E-state index in [0.717, 1.165) is 10.9 Å². The van der Waals surface area contributed by atoms with Crippen molar-refractivity contribution in [3.05, 3.63) is 35.2 Å². The van der Waals surface area contributed by atoms with Crippen molar-refractivity contribution in [1.82, 2.24) is 0 Å². The van der Waals surface area contributed by atoms with E-state index in [-0.39, 0.29) is 0 Å². The van der Waals surface area contributed by atoms with Crippen LogP contribution in [0.1, 0.15) is 12.5 Å². The molecule has 2 nitrogen and oxygen atoms in total. The van der Waals surface area contributed by atoms with E-state index in [9.17, 15) is 4.79 Å². The standard InChI is InChI=1S/C13H10O2S/c1-2-15-13(14)7-6-10-4-3-5-12-11(10)8-9-16-12/h3-5,8-9H,2H2,1H3. The maximum absolute atomic E-state index is 11.1. The lowest BCUT2D eigenvalue weighted by atomic mass is 10.1. The largest absolute Gasteiger partial charge is 0.456 e. The summed E-state index contributed by atoms with van der Waals surface area (Å²) in [7, 11) is 0. The van der Waals surface area contributed by atoms with Crippen LogP contribution in [0.4, 0.5) is 0 Å². The molecule has 0 bridgehead atoms. The van der Waals surface area contributed by atoms with Gasteiger partial charge in [0, 0.05) is 21.6 Å². The highest BCUT2D eigenvalue weighted by Crippen LogP contribution is 2.23. The van der Waals surface area contributed by atoms with Gasteiger partial charge in [0.15, 0.2) is 0 Å². The van der Waals surface area contributed by atoms with Gasteiger partial charge in [0.05, 0.1) is 6.61 Å². The Labute approximate surface area is 97.9 Å². The Morgan fingerprint density at radius 2 is 2.31 bits per heavy atom. The van der Waals surface area contributed by atoms with Crippen LogP contribution in [-0.2, 0) is 9.53 Å². The molecule has 0 N–H and O–H groups in total. The molecule has 1 aromatic heterocycles. The molecular weight excluding hydrogens is 220 g/mol. The van der Waals surface area contributed by atoms with Crippen LogP contribution in [0.15, 0.2) is 29.6 Å². The van der Waals surface area contributed by atoms with Gasteiger partial charge in [-0.1, -0.05) is 12.0 Å². The van der Waals surface area contributed by atoms with Gasteiger partial charge < -0.3 is 4.74 Å². The Morgan fingerprint density at radius 3 is 3.12 bits per heavy atom. The summed E-state index contributed by atoms with van der Waals surface area (Å²) in [5.74, 6) is 4.84. The number of carbonyl (C=O) groups excluding carboxylic acids is 1. The van der Waals surface area contributed by atoms with E-state index in [0.29, 0.717) is 6.61 Å². The third-order valence-electron chi connectivity index (χ3n) is 2.07. The second-order valence-electron chi connectivity index (χ2n) is 3.11. The molecule has 0 amide bonds. The van der Waals surface area contributed by atoms with E-state index in [1.54, 1.807) is 18.3 Å². The monoisotopic (exact) mass is 230 g/mol. The summed E-state index contributed by atoms with van der Waals surface area (Å²) in [6.45, 7) is 2.12.